The summed E-state index contributed by atoms with van der Waals surface area (Å²) in [6.45, 7) is 3.95. The Morgan fingerprint density at radius 3 is 2.67 bits per heavy atom. The minimum absolute atomic E-state index is 0.137. The van der Waals surface area contributed by atoms with Gasteiger partial charge in [0.15, 0.2) is 0 Å². The van der Waals surface area contributed by atoms with Crippen LogP contribution in [0.5, 0.6) is 5.75 Å². The fraction of sp³-hybridized carbons (Fsp3) is 0.583. The molecule has 0 atom stereocenters. The van der Waals surface area contributed by atoms with E-state index in [0.29, 0.717) is 0 Å². The summed E-state index contributed by atoms with van der Waals surface area (Å²) < 4.78 is 5.54. The fourth-order valence-corrected chi connectivity index (χ4v) is 1.81. The Kier molecular flexibility index (Phi) is 2.65. The number of hydrogen-bond acceptors (Lipinski definition) is 3. The van der Waals surface area contributed by atoms with E-state index in [1.165, 1.54) is 0 Å². The normalized spacial score (nSPS) is 18.7. The van der Waals surface area contributed by atoms with Gasteiger partial charge in [-0.25, -0.2) is 0 Å². The molecule has 0 radical (unpaired) electrons. The molecule has 1 N–H and O–H groups in total. The van der Waals surface area contributed by atoms with Crippen molar-refractivity contribution in [3.8, 4) is 5.75 Å². The van der Waals surface area contributed by atoms with Crippen molar-refractivity contribution in [3.63, 3.8) is 0 Å². The highest BCUT2D eigenvalue weighted by molar-refractivity contribution is 5.29. The third-order valence-electron chi connectivity index (χ3n) is 2.80. The standard InChI is InChI=1S/C12H17NO2/c1-9(2)15-11-6-10(7-13-8-11)12(14)4-3-5-12/h6-9,14H,3-5H2,1-2H3. The second kappa shape index (κ2) is 3.81. The van der Waals surface area contributed by atoms with E-state index in [9.17, 15) is 5.11 Å². The van der Waals surface area contributed by atoms with Crippen LogP contribution in [-0.2, 0) is 5.60 Å². The third-order valence-corrected chi connectivity index (χ3v) is 2.80. The molecule has 1 fully saturated rings. The molecule has 1 heterocycles. The van der Waals surface area contributed by atoms with Gasteiger partial charge in [0.25, 0.3) is 0 Å². The zero-order chi connectivity index (χ0) is 10.9. The Hall–Kier alpha value is -1.09. The minimum Gasteiger partial charge on any atom is -0.489 e. The monoisotopic (exact) mass is 207 g/mol. The van der Waals surface area contributed by atoms with Crippen LogP contribution in [0.15, 0.2) is 18.5 Å². The van der Waals surface area contributed by atoms with Crippen LogP contribution in [0.2, 0.25) is 0 Å². The van der Waals surface area contributed by atoms with Crippen molar-refractivity contribution in [2.45, 2.75) is 44.8 Å². The van der Waals surface area contributed by atoms with E-state index in [0.717, 1.165) is 30.6 Å². The lowest BCUT2D eigenvalue weighted by molar-refractivity contribution is -0.0393. The summed E-state index contributed by atoms with van der Waals surface area (Å²) in [5, 5.41) is 10.1. The quantitative estimate of drug-likeness (QED) is 0.826. The highest BCUT2D eigenvalue weighted by atomic mass is 16.5. The van der Waals surface area contributed by atoms with Crippen LogP contribution in [0.4, 0.5) is 0 Å². The van der Waals surface area contributed by atoms with Crippen LogP contribution < -0.4 is 4.74 Å². The summed E-state index contributed by atoms with van der Waals surface area (Å²) in [7, 11) is 0. The predicted molar refractivity (Wildman–Crippen MR) is 57.7 cm³/mol. The van der Waals surface area contributed by atoms with Crippen molar-refractivity contribution >= 4 is 0 Å². The van der Waals surface area contributed by atoms with Gasteiger partial charge >= 0.3 is 0 Å². The summed E-state index contributed by atoms with van der Waals surface area (Å²) in [6, 6.07) is 1.90. The molecule has 0 saturated heterocycles. The van der Waals surface area contributed by atoms with Gasteiger partial charge in [0.05, 0.1) is 17.9 Å². The molecule has 2 rings (SSSR count). The molecule has 1 aliphatic carbocycles. The maximum Gasteiger partial charge on any atom is 0.138 e. The lowest BCUT2D eigenvalue weighted by Gasteiger charge is -2.36. The van der Waals surface area contributed by atoms with Gasteiger partial charge in [0.1, 0.15) is 5.75 Å². The topological polar surface area (TPSA) is 42.4 Å². The van der Waals surface area contributed by atoms with E-state index in [2.05, 4.69) is 4.98 Å². The fourth-order valence-electron chi connectivity index (χ4n) is 1.81. The smallest absolute Gasteiger partial charge is 0.138 e. The van der Waals surface area contributed by atoms with Gasteiger partial charge in [-0.1, -0.05) is 0 Å². The first-order valence-corrected chi connectivity index (χ1v) is 5.45. The molecule has 1 aliphatic rings. The zero-order valence-electron chi connectivity index (χ0n) is 9.23. The lowest BCUT2D eigenvalue weighted by Crippen LogP contribution is -2.33. The van der Waals surface area contributed by atoms with Gasteiger partial charge in [-0.2, -0.15) is 0 Å². The van der Waals surface area contributed by atoms with Crippen LogP contribution in [0.3, 0.4) is 0 Å². The van der Waals surface area contributed by atoms with Crippen molar-refractivity contribution in [1.82, 2.24) is 4.98 Å². The molecular formula is C12H17NO2. The van der Waals surface area contributed by atoms with Gasteiger partial charge in [0, 0.05) is 11.8 Å². The van der Waals surface area contributed by atoms with Gasteiger partial charge in [-0.15, -0.1) is 0 Å². The van der Waals surface area contributed by atoms with Gasteiger partial charge in [-0.05, 0) is 39.2 Å². The van der Waals surface area contributed by atoms with Crippen molar-refractivity contribution in [1.29, 1.82) is 0 Å². The van der Waals surface area contributed by atoms with Crippen LogP contribution in [-0.4, -0.2) is 16.2 Å². The number of hydrogen-bond donors (Lipinski definition) is 1. The van der Waals surface area contributed by atoms with Crippen LogP contribution in [0, 0.1) is 0 Å². The minimum atomic E-state index is -0.649. The molecule has 3 nitrogen and oxygen atoms in total. The number of aliphatic hydroxyl groups is 1. The summed E-state index contributed by atoms with van der Waals surface area (Å²) in [4.78, 5) is 4.10. The largest absolute Gasteiger partial charge is 0.489 e. The first-order chi connectivity index (χ1) is 7.10. The Labute approximate surface area is 90.1 Å². The first kappa shape index (κ1) is 10.4. The molecule has 15 heavy (non-hydrogen) atoms. The molecule has 0 bridgehead atoms. The second-order valence-corrected chi connectivity index (χ2v) is 4.46. The average molecular weight is 207 g/mol. The van der Waals surface area contributed by atoms with Crippen LogP contribution in [0.25, 0.3) is 0 Å². The van der Waals surface area contributed by atoms with E-state index in [1.54, 1.807) is 12.4 Å². The number of ether oxygens (including phenoxy) is 1. The maximum absolute atomic E-state index is 10.1. The zero-order valence-corrected chi connectivity index (χ0v) is 9.23. The molecule has 1 saturated carbocycles. The highest BCUT2D eigenvalue weighted by Crippen LogP contribution is 2.41. The van der Waals surface area contributed by atoms with E-state index in [4.69, 9.17) is 4.74 Å². The molecule has 82 valence electrons. The van der Waals surface area contributed by atoms with E-state index < -0.39 is 5.60 Å². The molecule has 0 unspecified atom stereocenters. The molecule has 0 aliphatic heterocycles. The average Bonchev–Trinajstić information content (AvgIpc) is 2.13. The summed E-state index contributed by atoms with van der Waals surface area (Å²) in [5.41, 5.74) is 0.232. The molecule has 0 spiro atoms. The Bertz CT molecular complexity index is 345. The lowest BCUT2D eigenvalue weighted by atomic mass is 9.76. The third kappa shape index (κ3) is 2.12. The molecular weight excluding hydrogens is 190 g/mol. The van der Waals surface area contributed by atoms with Gasteiger partial charge < -0.3 is 9.84 Å². The van der Waals surface area contributed by atoms with Crippen molar-refractivity contribution < 1.29 is 9.84 Å². The summed E-state index contributed by atoms with van der Waals surface area (Å²) in [5.74, 6) is 0.739. The number of rotatable bonds is 3. The molecule has 0 aromatic carbocycles. The number of aromatic nitrogens is 1. The molecule has 1 aromatic heterocycles. The van der Waals surface area contributed by atoms with Crippen LogP contribution in [0.1, 0.15) is 38.7 Å². The maximum atomic E-state index is 10.1. The van der Waals surface area contributed by atoms with Gasteiger partial charge in [-0.3, -0.25) is 4.98 Å². The van der Waals surface area contributed by atoms with E-state index in [-0.39, 0.29) is 6.10 Å². The van der Waals surface area contributed by atoms with Gasteiger partial charge in [0.2, 0.25) is 0 Å². The van der Waals surface area contributed by atoms with Crippen LogP contribution >= 0.6 is 0 Å². The number of nitrogens with zero attached hydrogens (tertiary/aromatic N) is 1. The first-order valence-electron chi connectivity index (χ1n) is 5.45. The van der Waals surface area contributed by atoms with E-state index >= 15 is 0 Å². The molecule has 3 heteroatoms. The second-order valence-electron chi connectivity index (χ2n) is 4.46. The Morgan fingerprint density at radius 1 is 1.40 bits per heavy atom. The Balaban J connectivity index is 2.19. The van der Waals surface area contributed by atoms with Crippen molar-refractivity contribution in [2.24, 2.45) is 0 Å². The van der Waals surface area contributed by atoms with Crippen molar-refractivity contribution in [2.75, 3.05) is 0 Å². The molecule has 1 aromatic rings. The Morgan fingerprint density at radius 2 is 2.13 bits per heavy atom. The summed E-state index contributed by atoms with van der Waals surface area (Å²) >= 11 is 0. The molecule has 0 amide bonds. The summed E-state index contributed by atoms with van der Waals surface area (Å²) in [6.07, 6.45) is 6.31. The predicted octanol–water partition coefficient (Wildman–Crippen LogP) is 2.24. The number of pyridine rings is 1. The van der Waals surface area contributed by atoms with Crippen molar-refractivity contribution in [3.05, 3.63) is 24.0 Å². The van der Waals surface area contributed by atoms with E-state index in [1.807, 2.05) is 19.9 Å². The SMILES string of the molecule is CC(C)Oc1cncc(C2(O)CCC2)c1. The highest BCUT2D eigenvalue weighted by Gasteiger charge is 2.36.